The Kier molecular flexibility index (Phi) is 11.4. The van der Waals surface area contributed by atoms with Crippen LogP contribution in [0.1, 0.15) is 52.4 Å². The summed E-state index contributed by atoms with van der Waals surface area (Å²) in [6.45, 7) is 5.32. The van der Waals surface area contributed by atoms with Gasteiger partial charge >= 0.3 is 0 Å². The van der Waals surface area contributed by atoms with Crippen LogP contribution in [0.5, 0.6) is 0 Å². The van der Waals surface area contributed by atoms with Crippen LogP contribution in [-0.2, 0) is 4.74 Å². The van der Waals surface area contributed by atoms with Crippen molar-refractivity contribution in [2.24, 2.45) is 0 Å². The monoisotopic (exact) mass is 215 g/mol. The molecule has 0 amide bonds. The number of hydrogen-bond donors (Lipinski definition) is 1. The lowest BCUT2D eigenvalue weighted by Gasteiger charge is -2.07. The van der Waals surface area contributed by atoms with E-state index in [9.17, 15) is 5.21 Å². The lowest BCUT2D eigenvalue weighted by atomic mass is 10.1. The highest BCUT2D eigenvalue weighted by Gasteiger charge is 1.95. The fourth-order valence-electron chi connectivity index (χ4n) is 1.36. The van der Waals surface area contributed by atoms with Crippen molar-refractivity contribution in [1.82, 2.24) is 0 Å². The zero-order chi connectivity index (χ0) is 11.4. The third-order valence-corrected chi connectivity index (χ3v) is 2.43. The van der Waals surface area contributed by atoms with Gasteiger partial charge in [0.05, 0.1) is 0 Å². The Bertz CT molecular complexity index is 158. The summed E-state index contributed by atoms with van der Waals surface area (Å²) in [4.78, 5) is 0. The van der Waals surface area contributed by atoms with Crippen LogP contribution in [0, 0.1) is 5.21 Å². The summed E-state index contributed by atoms with van der Waals surface area (Å²) >= 11 is 0. The molecule has 3 nitrogen and oxygen atoms in total. The van der Waals surface area contributed by atoms with Crippen LogP contribution in [0.4, 0.5) is 0 Å². The highest BCUT2D eigenvalue weighted by atomic mass is 16.5. The number of quaternary nitrogens is 1. The second kappa shape index (κ2) is 11.7. The molecule has 0 aromatic carbocycles. The average Bonchev–Trinajstić information content (AvgIpc) is 2.27. The van der Waals surface area contributed by atoms with E-state index in [1.165, 1.54) is 32.1 Å². The molecule has 0 radical (unpaired) electrons. The van der Waals surface area contributed by atoms with Gasteiger partial charge in [0.1, 0.15) is 12.3 Å². The average molecular weight is 215 g/mol. The fraction of sp³-hybridized carbons (Fsp3) is 0.833. The molecule has 15 heavy (non-hydrogen) atoms. The molecular weight excluding hydrogens is 190 g/mol. The summed E-state index contributed by atoms with van der Waals surface area (Å²) in [5.41, 5.74) is 1.60. The van der Waals surface area contributed by atoms with Crippen LogP contribution in [0.2, 0.25) is 0 Å². The first-order valence-corrected chi connectivity index (χ1v) is 6.03. The molecule has 0 aliphatic rings. The van der Waals surface area contributed by atoms with Crippen LogP contribution < -0.4 is 5.48 Å². The molecule has 0 atom stereocenters. The predicted molar refractivity (Wildman–Crippen MR) is 63.2 cm³/mol. The maximum Gasteiger partial charge on any atom is 0.127 e. The van der Waals surface area contributed by atoms with Crippen LogP contribution in [0.25, 0.3) is 0 Å². The largest absolute Gasteiger partial charge is 0.631 e. The zero-order valence-corrected chi connectivity index (χ0v) is 10.1. The van der Waals surface area contributed by atoms with E-state index in [-0.39, 0.29) is 0 Å². The van der Waals surface area contributed by atoms with Crippen LogP contribution in [0.15, 0.2) is 11.8 Å². The first-order valence-electron chi connectivity index (χ1n) is 6.03. The molecule has 0 fully saturated rings. The number of hydroxylamine groups is 1. The molecule has 0 bridgehead atoms. The number of ether oxygens (including phenoxy) is 1. The Hall–Kier alpha value is -0.380. The molecule has 0 rings (SSSR count). The highest BCUT2D eigenvalue weighted by Crippen LogP contribution is 2.04. The van der Waals surface area contributed by atoms with Crippen molar-refractivity contribution >= 4 is 0 Å². The van der Waals surface area contributed by atoms with E-state index in [2.05, 4.69) is 6.92 Å². The van der Waals surface area contributed by atoms with E-state index in [0.29, 0.717) is 6.61 Å². The van der Waals surface area contributed by atoms with E-state index in [1.807, 2.05) is 6.92 Å². The van der Waals surface area contributed by atoms with Crippen LogP contribution in [0.3, 0.4) is 0 Å². The minimum Gasteiger partial charge on any atom is -0.631 e. The molecule has 0 aromatic rings. The normalized spacial score (nSPS) is 12.1. The molecular formula is C12H25NO2. The molecule has 0 aliphatic heterocycles. The lowest BCUT2D eigenvalue weighted by Crippen LogP contribution is -2.75. The minimum atomic E-state index is 0.467. The van der Waals surface area contributed by atoms with Crippen molar-refractivity contribution in [2.75, 3.05) is 13.2 Å². The van der Waals surface area contributed by atoms with Crippen molar-refractivity contribution in [3.63, 3.8) is 0 Å². The van der Waals surface area contributed by atoms with Gasteiger partial charge in [0.2, 0.25) is 0 Å². The number of hydrogen-bond acceptors (Lipinski definition) is 2. The molecule has 3 heteroatoms. The van der Waals surface area contributed by atoms with Gasteiger partial charge in [-0.15, -0.1) is 0 Å². The first kappa shape index (κ1) is 14.6. The molecule has 0 spiro atoms. The summed E-state index contributed by atoms with van der Waals surface area (Å²) in [5.74, 6) is 0. The van der Waals surface area contributed by atoms with E-state index in [1.54, 1.807) is 6.08 Å². The van der Waals surface area contributed by atoms with Crippen LogP contribution >= 0.6 is 0 Å². The van der Waals surface area contributed by atoms with Crippen molar-refractivity contribution in [3.8, 4) is 0 Å². The van der Waals surface area contributed by atoms with Crippen molar-refractivity contribution in [1.29, 1.82) is 0 Å². The third-order valence-electron chi connectivity index (χ3n) is 2.43. The standard InChI is InChI=1S/C12H25NO2/c1-3-5-6-7-8-9-10-15-11-12(4-2)13-14/h4H,3,5-11,13H2,1-2H3. The summed E-state index contributed by atoms with van der Waals surface area (Å²) in [6.07, 6.45) is 9.43. The molecule has 0 unspecified atom stereocenters. The third kappa shape index (κ3) is 9.91. The van der Waals surface area contributed by atoms with Crippen molar-refractivity contribution in [2.45, 2.75) is 52.4 Å². The maximum atomic E-state index is 10.4. The smallest absolute Gasteiger partial charge is 0.127 e. The maximum absolute atomic E-state index is 10.4. The quantitative estimate of drug-likeness (QED) is 0.449. The topological polar surface area (TPSA) is 48.9 Å². The molecule has 0 saturated heterocycles. The molecule has 90 valence electrons. The summed E-state index contributed by atoms with van der Waals surface area (Å²) in [6, 6.07) is 0. The molecule has 0 aromatic heterocycles. The minimum absolute atomic E-state index is 0.467. The molecule has 0 heterocycles. The van der Waals surface area contributed by atoms with E-state index < -0.39 is 0 Å². The van der Waals surface area contributed by atoms with Crippen molar-refractivity contribution in [3.05, 3.63) is 17.0 Å². The van der Waals surface area contributed by atoms with Gasteiger partial charge in [-0.3, -0.25) is 0 Å². The number of unbranched alkanes of at least 4 members (excludes halogenated alkanes) is 5. The van der Waals surface area contributed by atoms with E-state index in [0.717, 1.165) is 24.2 Å². The van der Waals surface area contributed by atoms with Gasteiger partial charge in [-0.05, 0) is 19.4 Å². The Labute approximate surface area is 93.5 Å². The van der Waals surface area contributed by atoms with Gasteiger partial charge < -0.3 is 15.4 Å². The second-order valence-electron chi connectivity index (χ2n) is 3.80. The van der Waals surface area contributed by atoms with Crippen LogP contribution in [-0.4, -0.2) is 13.2 Å². The van der Waals surface area contributed by atoms with Gasteiger partial charge in [0, 0.05) is 6.61 Å². The Balaban J connectivity index is 3.11. The Morgan fingerprint density at radius 3 is 2.47 bits per heavy atom. The summed E-state index contributed by atoms with van der Waals surface area (Å²) in [5, 5.41) is 10.4. The Morgan fingerprint density at radius 2 is 1.87 bits per heavy atom. The molecule has 0 aliphatic carbocycles. The van der Waals surface area contributed by atoms with Crippen molar-refractivity contribution < 1.29 is 10.2 Å². The summed E-state index contributed by atoms with van der Waals surface area (Å²) < 4.78 is 5.38. The van der Waals surface area contributed by atoms with Gasteiger partial charge in [-0.1, -0.05) is 39.0 Å². The molecule has 2 N–H and O–H groups in total. The number of rotatable bonds is 10. The lowest BCUT2D eigenvalue weighted by molar-refractivity contribution is -0.540. The predicted octanol–water partition coefficient (Wildman–Crippen LogP) is 2.33. The number of nitrogens with two attached hydrogens (primary N) is 1. The number of allylic oxidation sites excluding steroid dienone is 1. The van der Waals surface area contributed by atoms with Gasteiger partial charge in [0.25, 0.3) is 0 Å². The Morgan fingerprint density at radius 1 is 1.20 bits per heavy atom. The van der Waals surface area contributed by atoms with E-state index >= 15 is 0 Å². The highest BCUT2D eigenvalue weighted by molar-refractivity contribution is 4.86. The van der Waals surface area contributed by atoms with Gasteiger partial charge in [-0.2, -0.15) is 0 Å². The van der Waals surface area contributed by atoms with Gasteiger partial charge in [-0.25, -0.2) is 0 Å². The fourth-order valence-corrected chi connectivity index (χ4v) is 1.36. The summed E-state index contributed by atoms with van der Waals surface area (Å²) in [7, 11) is 0. The molecule has 0 saturated carbocycles. The SMILES string of the molecule is CC=C(COCCCCCCCC)[NH2+][O-]. The second-order valence-corrected chi connectivity index (χ2v) is 3.80. The first-order chi connectivity index (χ1) is 7.35. The van der Waals surface area contributed by atoms with E-state index in [4.69, 9.17) is 4.74 Å². The van der Waals surface area contributed by atoms with Gasteiger partial charge in [0.15, 0.2) is 0 Å². The zero-order valence-electron chi connectivity index (χ0n) is 10.1.